The summed E-state index contributed by atoms with van der Waals surface area (Å²) in [6.45, 7) is 1.90. The van der Waals surface area contributed by atoms with Gasteiger partial charge in [-0.15, -0.1) is 0 Å². The molecular formula is C17H21BrN2. The highest BCUT2D eigenvalue weighted by Gasteiger charge is 2.06. The molecule has 2 aromatic rings. The van der Waals surface area contributed by atoms with Crippen molar-refractivity contribution in [2.45, 2.75) is 13.0 Å². The van der Waals surface area contributed by atoms with Crippen molar-refractivity contribution < 1.29 is 0 Å². The van der Waals surface area contributed by atoms with Crippen LogP contribution in [0.2, 0.25) is 0 Å². The molecule has 106 valence electrons. The second-order valence-corrected chi connectivity index (χ2v) is 5.83. The van der Waals surface area contributed by atoms with Crippen LogP contribution in [0.25, 0.3) is 0 Å². The maximum Gasteiger partial charge on any atom is 0.0508 e. The average molecular weight is 333 g/mol. The van der Waals surface area contributed by atoms with Gasteiger partial charge in [-0.1, -0.05) is 36.4 Å². The Balaban J connectivity index is 2.00. The van der Waals surface area contributed by atoms with E-state index >= 15 is 0 Å². The molecule has 0 heterocycles. The quantitative estimate of drug-likeness (QED) is 0.864. The Labute approximate surface area is 129 Å². The van der Waals surface area contributed by atoms with Crippen molar-refractivity contribution in [1.82, 2.24) is 5.32 Å². The SMILES string of the molecule is CNCc1ccc(N(C)CCc2ccccc2)c(Br)c1. The van der Waals surface area contributed by atoms with E-state index in [9.17, 15) is 0 Å². The van der Waals surface area contributed by atoms with E-state index in [-0.39, 0.29) is 0 Å². The van der Waals surface area contributed by atoms with Gasteiger partial charge in [0.25, 0.3) is 0 Å². The fraction of sp³-hybridized carbons (Fsp3) is 0.294. The van der Waals surface area contributed by atoms with Gasteiger partial charge in [0.05, 0.1) is 5.69 Å². The van der Waals surface area contributed by atoms with Gasteiger partial charge in [0.15, 0.2) is 0 Å². The van der Waals surface area contributed by atoms with Crippen molar-refractivity contribution in [3.8, 4) is 0 Å². The third kappa shape index (κ3) is 4.09. The lowest BCUT2D eigenvalue weighted by Gasteiger charge is -2.21. The zero-order valence-electron chi connectivity index (χ0n) is 12.1. The number of likely N-dealkylation sites (N-methyl/N-ethyl adjacent to an activating group) is 1. The summed E-state index contributed by atoms with van der Waals surface area (Å²) in [4.78, 5) is 2.29. The van der Waals surface area contributed by atoms with Gasteiger partial charge in [-0.05, 0) is 52.7 Å². The highest BCUT2D eigenvalue weighted by Crippen LogP contribution is 2.26. The minimum atomic E-state index is 0.895. The molecule has 0 spiro atoms. The van der Waals surface area contributed by atoms with Crippen LogP contribution in [0.4, 0.5) is 5.69 Å². The molecule has 0 aliphatic rings. The van der Waals surface area contributed by atoms with E-state index in [0.29, 0.717) is 0 Å². The zero-order valence-corrected chi connectivity index (χ0v) is 13.7. The van der Waals surface area contributed by atoms with Crippen LogP contribution in [-0.4, -0.2) is 20.6 Å². The van der Waals surface area contributed by atoms with Crippen LogP contribution in [0.5, 0.6) is 0 Å². The van der Waals surface area contributed by atoms with Crippen LogP contribution in [0.3, 0.4) is 0 Å². The second kappa shape index (κ2) is 7.46. The van der Waals surface area contributed by atoms with Crippen LogP contribution in [0.1, 0.15) is 11.1 Å². The maximum absolute atomic E-state index is 3.67. The third-order valence-electron chi connectivity index (χ3n) is 3.38. The Morgan fingerprint density at radius 2 is 1.80 bits per heavy atom. The van der Waals surface area contributed by atoms with E-state index in [0.717, 1.165) is 24.0 Å². The van der Waals surface area contributed by atoms with Gasteiger partial charge in [-0.2, -0.15) is 0 Å². The number of nitrogens with one attached hydrogen (secondary N) is 1. The largest absolute Gasteiger partial charge is 0.373 e. The van der Waals surface area contributed by atoms with Crippen molar-refractivity contribution in [2.24, 2.45) is 0 Å². The van der Waals surface area contributed by atoms with Crippen molar-refractivity contribution in [3.63, 3.8) is 0 Å². The van der Waals surface area contributed by atoms with Gasteiger partial charge in [0, 0.05) is 24.6 Å². The van der Waals surface area contributed by atoms with Gasteiger partial charge in [-0.3, -0.25) is 0 Å². The van der Waals surface area contributed by atoms with E-state index < -0.39 is 0 Å². The van der Waals surface area contributed by atoms with Gasteiger partial charge < -0.3 is 10.2 Å². The molecule has 0 unspecified atom stereocenters. The summed E-state index contributed by atoms with van der Waals surface area (Å²) < 4.78 is 1.15. The standard InChI is InChI=1S/C17H21BrN2/c1-19-13-15-8-9-17(16(18)12-15)20(2)11-10-14-6-4-3-5-7-14/h3-9,12,19H,10-11,13H2,1-2H3. The van der Waals surface area contributed by atoms with Crippen molar-refractivity contribution in [2.75, 3.05) is 25.5 Å². The predicted octanol–water partition coefficient (Wildman–Crippen LogP) is 3.85. The van der Waals surface area contributed by atoms with E-state index in [1.165, 1.54) is 16.8 Å². The number of hydrogen-bond donors (Lipinski definition) is 1. The Kier molecular flexibility index (Phi) is 5.62. The smallest absolute Gasteiger partial charge is 0.0508 e. The first-order valence-electron chi connectivity index (χ1n) is 6.89. The Hall–Kier alpha value is -1.32. The minimum absolute atomic E-state index is 0.895. The molecule has 0 atom stereocenters. The van der Waals surface area contributed by atoms with Crippen LogP contribution in [0, 0.1) is 0 Å². The van der Waals surface area contributed by atoms with Crippen LogP contribution in [0.15, 0.2) is 53.0 Å². The molecule has 3 heteroatoms. The summed E-state index contributed by atoms with van der Waals surface area (Å²) in [5.41, 5.74) is 3.91. The lowest BCUT2D eigenvalue weighted by molar-refractivity contribution is 0.815. The molecule has 2 nitrogen and oxygen atoms in total. The minimum Gasteiger partial charge on any atom is -0.373 e. The molecule has 2 rings (SSSR count). The third-order valence-corrected chi connectivity index (χ3v) is 4.02. The molecule has 0 saturated heterocycles. The van der Waals surface area contributed by atoms with Gasteiger partial charge in [0.2, 0.25) is 0 Å². The number of rotatable bonds is 6. The fourth-order valence-corrected chi connectivity index (χ4v) is 2.96. The number of nitrogens with zero attached hydrogens (tertiary/aromatic N) is 1. The summed E-state index contributed by atoms with van der Waals surface area (Å²) >= 11 is 3.67. The monoisotopic (exact) mass is 332 g/mol. The van der Waals surface area contributed by atoms with E-state index in [2.05, 4.69) is 81.7 Å². The summed E-state index contributed by atoms with van der Waals surface area (Å²) in [7, 11) is 4.11. The van der Waals surface area contributed by atoms with Gasteiger partial charge >= 0.3 is 0 Å². The molecule has 0 aliphatic heterocycles. The van der Waals surface area contributed by atoms with Crippen molar-refractivity contribution in [1.29, 1.82) is 0 Å². The van der Waals surface area contributed by atoms with Crippen molar-refractivity contribution >= 4 is 21.6 Å². The summed E-state index contributed by atoms with van der Waals surface area (Å²) in [6.07, 6.45) is 1.06. The van der Waals surface area contributed by atoms with Crippen LogP contribution >= 0.6 is 15.9 Å². The Morgan fingerprint density at radius 1 is 1.05 bits per heavy atom. The summed E-state index contributed by atoms with van der Waals surface area (Å²) in [5, 5.41) is 3.17. The summed E-state index contributed by atoms with van der Waals surface area (Å²) in [6, 6.07) is 17.2. The number of hydrogen-bond acceptors (Lipinski definition) is 2. The number of benzene rings is 2. The number of anilines is 1. The van der Waals surface area contributed by atoms with E-state index in [1.54, 1.807) is 0 Å². The molecule has 2 aromatic carbocycles. The molecule has 0 bridgehead atoms. The molecule has 0 saturated carbocycles. The average Bonchev–Trinajstić information content (AvgIpc) is 2.46. The van der Waals surface area contributed by atoms with Gasteiger partial charge in [-0.25, -0.2) is 0 Å². The zero-order chi connectivity index (χ0) is 14.4. The highest BCUT2D eigenvalue weighted by molar-refractivity contribution is 9.10. The molecule has 1 N–H and O–H groups in total. The van der Waals surface area contributed by atoms with E-state index in [4.69, 9.17) is 0 Å². The van der Waals surface area contributed by atoms with Crippen LogP contribution < -0.4 is 10.2 Å². The predicted molar refractivity (Wildman–Crippen MR) is 90.3 cm³/mol. The molecule has 0 fully saturated rings. The van der Waals surface area contributed by atoms with Gasteiger partial charge in [0.1, 0.15) is 0 Å². The lowest BCUT2D eigenvalue weighted by Crippen LogP contribution is -2.20. The van der Waals surface area contributed by atoms with E-state index in [1.807, 2.05) is 7.05 Å². The van der Waals surface area contributed by atoms with Crippen LogP contribution in [-0.2, 0) is 13.0 Å². The fourth-order valence-electron chi connectivity index (χ4n) is 2.24. The number of halogens is 1. The molecule has 0 aliphatic carbocycles. The highest BCUT2D eigenvalue weighted by atomic mass is 79.9. The molecule has 20 heavy (non-hydrogen) atoms. The normalized spacial score (nSPS) is 10.6. The topological polar surface area (TPSA) is 15.3 Å². The first kappa shape index (κ1) is 15.1. The van der Waals surface area contributed by atoms with Crippen molar-refractivity contribution in [3.05, 3.63) is 64.1 Å². The lowest BCUT2D eigenvalue weighted by atomic mass is 10.1. The molecule has 0 radical (unpaired) electrons. The maximum atomic E-state index is 3.67. The Morgan fingerprint density at radius 3 is 2.45 bits per heavy atom. The molecule has 0 aromatic heterocycles. The molecule has 0 amide bonds. The first-order valence-corrected chi connectivity index (χ1v) is 7.68. The second-order valence-electron chi connectivity index (χ2n) is 4.97. The summed E-state index contributed by atoms with van der Waals surface area (Å²) in [5.74, 6) is 0. The first-order chi connectivity index (χ1) is 9.70. The molecular weight excluding hydrogens is 312 g/mol. The Bertz CT molecular complexity index is 540.